The molecule has 1 aromatic heterocycles. The summed E-state index contributed by atoms with van der Waals surface area (Å²) in [5.41, 5.74) is 1.32. The van der Waals surface area contributed by atoms with Crippen LogP contribution in [0, 0.1) is 0 Å². The number of likely N-dealkylation sites (tertiary alicyclic amines) is 1. The first-order valence-corrected chi connectivity index (χ1v) is 16.3. The molecule has 4 aliphatic heterocycles. The third kappa shape index (κ3) is 5.41. The standard InChI is InChI=1S/C32H36N6O5S/c39-28-12-11-24(30(40)33-28)38-20-23-21(31(38)41)7-3-9-26(23)43-19-5-14-35-13-4-8-25(35)32(42)37-17-15-36(16-18-37)29-22-6-1-2-10-27(22)44-34-29/h1-3,6-7,9-10,24-25H,4-5,8,11-20H2,(H,33,39,40). The van der Waals surface area contributed by atoms with E-state index in [1.165, 1.54) is 21.6 Å². The molecule has 1 N–H and O–H groups in total. The minimum Gasteiger partial charge on any atom is -0.493 e. The highest BCUT2D eigenvalue weighted by atomic mass is 32.1. The average Bonchev–Trinajstić information content (AvgIpc) is 3.77. The first kappa shape index (κ1) is 28.7. The summed E-state index contributed by atoms with van der Waals surface area (Å²) in [6.07, 6.45) is 3.19. The zero-order valence-electron chi connectivity index (χ0n) is 24.6. The Balaban J connectivity index is 0.905. The van der Waals surface area contributed by atoms with Crippen molar-refractivity contribution in [3.8, 4) is 5.75 Å². The second kappa shape index (κ2) is 12.2. The van der Waals surface area contributed by atoms with Gasteiger partial charge in [-0.05, 0) is 68.0 Å². The predicted molar refractivity (Wildman–Crippen MR) is 166 cm³/mol. The number of piperidine rings is 1. The van der Waals surface area contributed by atoms with Crippen LogP contribution in [0.4, 0.5) is 5.82 Å². The Morgan fingerprint density at radius 3 is 2.68 bits per heavy atom. The van der Waals surface area contributed by atoms with E-state index >= 15 is 0 Å². The molecule has 11 nitrogen and oxygen atoms in total. The fourth-order valence-corrected chi connectivity index (χ4v) is 7.76. The molecule has 7 rings (SSSR count). The van der Waals surface area contributed by atoms with Crippen LogP contribution < -0.4 is 15.0 Å². The molecule has 3 saturated heterocycles. The summed E-state index contributed by atoms with van der Waals surface area (Å²) in [6, 6.07) is 13.0. The van der Waals surface area contributed by atoms with E-state index in [0.717, 1.165) is 56.8 Å². The Morgan fingerprint density at radius 2 is 1.84 bits per heavy atom. The zero-order valence-corrected chi connectivity index (χ0v) is 25.4. The number of rotatable bonds is 8. The SMILES string of the molecule is O=C1CCC(N2Cc3c(OCCCN4CCCC4C(=O)N4CCN(c5nsc6ccccc56)CC4)cccc3C2=O)C(=O)N1. The number of ether oxygens (including phenoxy) is 1. The van der Waals surface area contributed by atoms with E-state index in [4.69, 9.17) is 9.11 Å². The van der Waals surface area contributed by atoms with Crippen molar-refractivity contribution in [2.24, 2.45) is 0 Å². The van der Waals surface area contributed by atoms with E-state index in [0.29, 0.717) is 37.4 Å². The summed E-state index contributed by atoms with van der Waals surface area (Å²) < 4.78 is 12.0. The maximum atomic E-state index is 13.6. The van der Waals surface area contributed by atoms with Crippen molar-refractivity contribution >= 4 is 51.1 Å². The molecule has 0 radical (unpaired) electrons. The Labute approximate surface area is 259 Å². The van der Waals surface area contributed by atoms with Gasteiger partial charge in [0, 0.05) is 55.7 Å². The molecule has 5 heterocycles. The molecule has 0 spiro atoms. The molecule has 3 aromatic rings. The Morgan fingerprint density at radius 1 is 1.00 bits per heavy atom. The highest BCUT2D eigenvalue weighted by Crippen LogP contribution is 2.34. The zero-order chi connectivity index (χ0) is 30.2. The number of fused-ring (bicyclic) bond motifs is 2. The van der Waals surface area contributed by atoms with Crippen LogP contribution >= 0.6 is 11.5 Å². The lowest BCUT2D eigenvalue weighted by atomic mass is 10.0. The van der Waals surface area contributed by atoms with E-state index < -0.39 is 11.9 Å². The van der Waals surface area contributed by atoms with Crippen molar-refractivity contribution in [3.63, 3.8) is 0 Å². The fraction of sp³-hybridized carbons (Fsp3) is 0.469. The quantitative estimate of drug-likeness (QED) is 0.304. The monoisotopic (exact) mass is 616 g/mol. The molecule has 2 aromatic carbocycles. The second-order valence-electron chi connectivity index (χ2n) is 11.9. The second-order valence-corrected chi connectivity index (χ2v) is 12.7. The largest absolute Gasteiger partial charge is 0.493 e. The summed E-state index contributed by atoms with van der Waals surface area (Å²) in [5, 5.41) is 3.52. The van der Waals surface area contributed by atoms with E-state index in [1.54, 1.807) is 17.0 Å². The van der Waals surface area contributed by atoms with E-state index in [1.807, 2.05) is 23.1 Å². The van der Waals surface area contributed by atoms with Gasteiger partial charge in [-0.3, -0.25) is 29.4 Å². The van der Waals surface area contributed by atoms with E-state index in [-0.39, 0.29) is 36.7 Å². The molecule has 44 heavy (non-hydrogen) atoms. The van der Waals surface area contributed by atoms with Crippen LogP contribution in [0.2, 0.25) is 0 Å². The highest BCUT2D eigenvalue weighted by molar-refractivity contribution is 7.13. The number of anilines is 1. The normalized spacial score (nSPS) is 22.5. The average molecular weight is 617 g/mol. The van der Waals surface area contributed by atoms with Gasteiger partial charge >= 0.3 is 0 Å². The molecule has 12 heteroatoms. The lowest BCUT2D eigenvalue weighted by Gasteiger charge is -2.37. The number of aromatic nitrogens is 1. The first-order valence-electron chi connectivity index (χ1n) is 15.5. The number of amides is 4. The topological polar surface area (TPSA) is 115 Å². The molecule has 2 unspecified atom stereocenters. The van der Waals surface area contributed by atoms with E-state index in [2.05, 4.69) is 27.2 Å². The van der Waals surface area contributed by atoms with Crippen molar-refractivity contribution in [1.29, 1.82) is 0 Å². The van der Waals surface area contributed by atoms with Crippen molar-refractivity contribution < 1.29 is 23.9 Å². The third-order valence-corrected chi connectivity index (χ3v) is 10.1. The van der Waals surface area contributed by atoms with E-state index in [9.17, 15) is 19.2 Å². The van der Waals surface area contributed by atoms with Crippen LogP contribution in [-0.4, -0.2) is 101 Å². The van der Waals surface area contributed by atoms with Crippen LogP contribution in [0.25, 0.3) is 10.1 Å². The number of imide groups is 1. The lowest BCUT2D eigenvalue weighted by Crippen LogP contribution is -2.54. The van der Waals surface area contributed by atoms with Gasteiger partial charge in [-0.25, -0.2) is 0 Å². The van der Waals surface area contributed by atoms with Gasteiger partial charge in [0.2, 0.25) is 17.7 Å². The maximum Gasteiger partial charge on any atom is 0.255 e. The minimum absolute atomic E-state index is 0.0951. The molecule has 2 atom stereocenters. The molecular weight excluding hydrogens is 580 g/mol. The summed E-state index contributed by atoms with van der Waals surface area (Å²) in [5.74, 6) is 0.958. The minimum atomic E-state index is -0.653. The van der Waals surface area contributed by atoms with Gasteiger partial charge in [0.25, 0.3) is 5.91 Å². The number of carbonyl (C=O) groups is 4. The molecule has 0 bridgehead atoms. The highest BCUT2D eigenvalue weighted by Gasteiger charge is 2.40. The Kier molecular flexibility index (Phi) is 7.94. The lowest BCUT2D eigenvalue weighted by molar-refractivity contribution is -0.137. The summed E-state index contributed by atoms with van der Waals surface area (Å²) in [6.45, 7) is 5.37. The molecule has 0 saturated carbocycles. The van der Waals surface area contributed by atoms with Crippen LogP contribution in [0.5, 0.6) is 5.75 Å². The van der Waals surface area contributed by atoms with Gasteiger partial charge < -0.3 is 19.4 Å². The predicted octanol–water partition coefficient (Wildman–Crippen LogP) is 2.64. The number of hydrogen-bond donors (Lipinski definition) is 1. The van der Waals surface area contributed by atoms with Crippen molar-refractivity contribution in [2.75, 3.05) is 50.8 Å². The number of hydrogen-bond acceptors (Lipinski definition) is 9. The number of piperazine rings is 1. The summed E-state index contributed by atoms with van der Waals surface area (Å²) >= 11 is 1.52. The number of benzene rings is 2. The van der Waals surface area contributed by atoms with Crippen LogP contribution in [0.1, 0.15) is 48.0 Å². The summed E-state index contributed by atoms with van der Waals surface area (Å²) in [4.78, 5) is 58.8. The fourth-order valence-electron chi connectivity index (χ4n) is 6.97. The first-order chi connectivity index (χ1) is 21.5. The van der Waals surface area contributed by atoms with Crippen LogP contribution in [-0.2, 0) is 20.9 Å². The van der Waals surface area contributed by atoms with Crippen molar-refractivity contribution in [2.45, 2.75) is 50.7 Å². The van der Waals surface area contributed by atoms with Crippen LogP contribution in [0.15, 0.2) is 42.5 Å². The van der Waals surface area contributed by atoms with Gasteiger partial charge in [-0.2, -0.15) is 4.37 Å². The molecule has 4 amide bonds. The van der Waals surface area contributed by atoms with Gasteiger partial charge in [0.1, 0.15) is 17.6 Å². The molecular formula is C32H36N6O5S. The maximum absolute atomic E-state index is 13.6. The number of carbonyl (C=O) groups excluding carboxylic acids is 4. The Hall–Kier alpha value is -4.03. The van der Waals surface area contributed by atoms with Gasteiger partial charge in [-0.15, -0.1) is 0 Å². The smallest absolute Gasteiger partial charge is 0.255 e. The van der Waals surface area contributed by atoms with Gasteiger partial charge in [0.15, 0.2) is 0 Å². The van der Waals surface area contributed by atoms with Gasteiger partial charge in [0.05, 0.1) is 23.9 Å². The molecule has 3 fully saturated rings. The molecule has 0 aliphatic carbocycles. The molecule has 230 valence electrons. The van der Waals surface area contributed by atoms with Gasteiger partial charge in [-0.1, -0.05) is 18.2 Å². The van der Waals surface area contributed by atoms with Crippen LogP contribution in [0.3, 0.4) is 0 Å². The van der Waals surface area contributed by atoms with Crippen molar-refractivity contribution in [1.82, 2.24) is 24.4 Å². The molecule has 4 aliphatic rings. The Bertz CT molecular complexity index is 1600. The number of nitrogens with zero attached hydrogens (tertiary/aromatic N) is 5. The van der Waals surface area contributed by atoms with Crippen molar-refractivity contribution in [3.05, 3.63) is 53.6 Å². The summed E-state index contributed by atoms with van der Waals surface area (Å²) in [7, 11) is 0. The third-order valence-electron chi connectivity index (χ3n) is 9.28. The number of nitrogens with one attached hydrogen (secondary N) is 1.